The highest BCUT2D eigenvalue weighted by atomic mass is 35.5. The molecule has 0 aromatic heterocycles. The molecule has 5 nitrogen and oxygen atoms in total. The first-order valence-electron chi connectivity index (χ1n) is 8.21. The molecular weight excluding hydrogens is 377 g/mol. The second kappa shape index (κ2) is 9.55. The van der Waals surface area contributed by atoms with E-state index in [9.17, 15) is 9.90 Å². The van der Waals surface area contributed by atoms with Crippen molar-refractivity contribution in [3.8, 4) is 11.5 Å². The molecule has 0 bridgehead atoms. The minimum Gasteiger partial charge on any atom is -0.508 e. The Bertz CT molecular complexity index is 767. The number of anilines is 1. The monoisotopic (exact) mass is 397 g/mol. The van der Waals surface area contributed by atoms with Crippen LogP contribution in [0.15, 0.2) is 36.4 Å². The summed E-state index contributed by atoms with van der Waals surface area (Å²) in [7, 11) is 1.51. The number of nitrogens with one attached hydrogen (secondary N) is 1. The first kappa shape index (κ1) is 20.2. The number of benzene rings is 2. The third-order valence-corrected chi connectivity index (χ3v) is 4.30. The number of halogens is 2. The highest BCUT2D eigenvalue weighted by molar-refractivity contribution is 6.36. The number of phenolic OH excluding ortho intramolecular Hbond substituents is 1. The minimum absolute atomic E-state index is 0.0548. The zero-order chi connectivity index (χ0) is 19.1. The van der Waals surface area contributed by atoms with Crippen molar-refractivity contribution in [2.75, 3.05) is 19.0 Å². The lowest BCUT2D eigenvalue weighted by Crippen LogP contribution is -2.24. The first-order chi connectivity index (χ1) is 12.5. The molecule has 2 aromatic rings. The lowest BCUT2D eigenvalue weighted by Gasteiger charge is -2.21. The van der Waals surface area contributed by atoms with Crippen LogP contribution in [-0.4, -0.2) is 24.8 Å². The zero-order valence-corrected chi connectivity index (χ0v) is 16.1. The van der Waals surface area contributed by atoms with E-state index in [0.717, 1.165) is 12.8 Å². The zero-order valence-electron chi connectivity index (χ0n) is 14.6. The van der Waals surface area contributed by atoms with Gasteiger partial charge >= 0.3 is 5.97 Å². The minimum atomic E-state index is -0.958. The summed E-state index contributed by atoms with van der Waals surface area (Å²) in [5.41, 5.74) is 0.826. The molecule has 0 spiro atoms. The second-order valence-electron chi connectivity index (χ2n) is 5.65. The highest BCUT2D eigenvalue weighted by Gasteiger charge is 2.26. The molecule has 0 heterocycles. The number of ether oxygens (including phenoxy) is 2. The summed E-state index contributed by atoms with van der Waals surface area (Å²) in [5, 5.41) is 14.1. The topological polar surface area (TPSA) is 67.8 Å². The van der Waals surface area contributed by atoms with Crippen LogP contribution < -0.4 is 10.1 Å². The third-order valence-electron chi connectivity index (χ3n) is 3.75. The molecule has 0 fully saturated rings. The Hall–Kier alpha value is -2.11. The van der Waals surface area contributed by atoms with Crippen LogP contribution in [0.25, 0.3) is 0 Å². The Morgan fingerprint density at radius 3 is 2.65 bits per heavy atom. The maximum Gasteiger partial charge on any atom is 0.333 e. The predicted octanol–water partition coefficient (Wildman–Crippen LogP) is 5.20. The van der Waals surface area contributed by atoms with Crippen LogP contribution in [-0.2, 0) is 9.53 Å². The number of rotatable bonds is 8. The Morgan fingerprint density at radius 1 is 1.23 bits per heavy atom. The fraction of sp³-hybridized carbons (Fsp3) is 0.316. The quantitative estimate of drug-likeness (QED) is 0.472. The van der Waals surface area contributed by atoms with Crippen molar-refractivity contribution in [2.24, 2.45) is 0 Å². The molecule has 0 saturated carbocycles. The maximum atomic E-state index is 12.6. The van der Waals surface area contributed by atoms with Gasteiger partial charge in [-0.2, -0.15) is 0 Å². The molecule has 140 valence electrons. The number of esters is 1. The summed E-state index contributed by atoms with van der Waals surface area (Å²) >= 11 is 12.1. The van der Waals surface area contributed by atoms with Crippen molar-refractivity contribution in [2.45, 2.75) is 25.8 Å². The van der Waals surface area contributed by atoms with Gasteiger partial charge in [-0.15, -0.1) is 0 Å². The molecule has 2 N–H and O–H groups in total. The molecule has 2 aromatic carbocycles. The van der Waals surface area contributed by atoms with E-state index in [2.05, 4.69) is 5.32 Å². The number of aromatic hydroxyl groups is 1. The van der Waals surface area contributed by atoms with Gasteiger partial charge in [0.1, 0.15) is 11.5 Å². The van der Waals surface area contributed by atoms with Gasteiger partial charge in [0.25, 0.3) is 0 Å². The van der Waals surface area contributed by atoms with Gasteiger partial charge in [-0.05, 0) is 42.8 Å². The van der Waals surface area contributed by atoms with Crippen molar-refractivity contribution < 1.29 is 19.4 Å². The summed E-state index contributed by atoms with van der Waals surface area (Å²) in [4.78, 5) is 12.6. The molecule has 2 rings (SSSR count). The number of phenols is 1. The van der Waals surface area contributed by atoms with E-state index in [1.807, 2.05) is 6.92 Å². The van der Waals surface area contributed by atoms with Gasteiger partial charge in [0.2, 0.25) is 0 Å². The number of unbranched alkanes of at least 4 members (excludes halogenated alkanes) is 1. The second-order valence-corrected chi connectivity index (χ2v) is 6.49. The fourth-order valence-electron chi connectivity index (χ4n) is 2.32. The third kappa shape index (κ3) is 5.19. The van der Waals surface area contributed by atoms with Crippen LogP contribution >= 0.6 is 23.2 Å². The van der Waals surface area contributed by atoms with Gasteiger partial charge in [-0.1, -0.05) is 36.5 Å². The van der Waals surface area contributed by atoms with Gasteiger partial charge in [0.15, 0.2) is 6.04 Å². The predicted molar refractivity (Wildman–Crippen MR) is 103 cm³/mol. The van der Waals surface area contributed by atoms with Crippen molar-refractivity contribution in [1.29, 1.82) is 0 Å². The highest BCUT2D eigenvalue weighted by Crippen LogP contribution is 2.34. The maximum absolute atomic E-state index is 12.6. The molecule has 1 atom stereocenters. The van der Waals surface area contributed by atoms with E-state index in [-0.39, 0.29) is 5.75 Å². The summed E-state index contributed by atoms with van der Waals surface area (Å²) in [6.45, 7) is 2.30. The Labute approximate surface area is 162 Å². The van der Waals surface area contributed by atoms with E-state index < -0.39 is 12.0 Å². The molecule has 0 radical (unpaired) electrons. The summed E-state index contributed by atoms with van der Waals surface area (Å²) in [5.74, 6) is -0.0676. The van der Waals surface area contributed by atoms with Crippen LogP contribution in [0.1, 0.15) is 31.4 Å². The van der Waals surface area contributed by atoms with Crippen LogP contribution in [0.5, 0.6) is 11.5 Å². The summed E-state index contributed by atoms with van der Waals surface area (Å²) in [6.07, 6.45) is 1.66. The average Bonchev–Trinajstić information content (AvgIpc) is 2.62. The van der Waals surface area contributed by atoms with Gasteiger partial charge in [-0.25, -0.2) is 4.79 Å². The van der Waals surface area contributed by atoms with Crippen LogP contribution in [0.3, 0.4) is 0 Å². The van der Waals surface area contributed by atoms with Gasteiger partial charge < -0.3 is 19.9 Å². The smallest absolute Gasteiger partial charge is 0.333 e. The van der Waals surface area contributed by atoms with E-state index in [1.54, 1.807) is 30.3 Å². The van der Waals surface area contributed by atoms with Crippen LogP contribution in [0.2, 0.25) is 10.0 Å². The summed E-state index contributed by atoms with van der Waals surface area (Å²) < 4.78 is 10.5. The molecule has 0 aliphatic carbocycles. The molecule has 26 heavy (non-hydrogen) atoms. The van der Waals surface area contributed by atoms with Gasteiger partial charge in [0.05, 0.1) is 24.4 Å². The molecule has 0 aliphatic heterocycles. The lowest BCUT2D eigenvalue weighted by molar-refractivity contribution is -0.144. The van der Waals surface area contributed by atoms with Gasteiger partial charge in [-0.3, -0.25) is 0 Å². The molecule has 1 unspecified atom stereocenters. The first-order valence-corrected chi connectivity index (χ1v) is 8.97. The van der Waals surface area contributed by atoms with E-state index in [1.165, 1.54) is 13.2 Å². The lowest BCUT2D eigenvalue weighted by atomic mass is 10.0. The number of methoxy groups -OCH3 is 1. The Balaban J connectivity index is 2.36. The molecule has 0 aliphatic rings. The SMILES string of the molecule is CCCCOC(=O)C(Nc1ccc(Cl)cc1Cl)c1cc(OC)ccc1O. The normalized spacial score (nSPS) is 11.7. The van der Waals surface area contributed by atoms with E-state index in [4.69, 9.17) is 32.7 Å². The molecule has 7 heteroatoms. The summed E-state index contributed by atoms with van der Waals surface area (Å²) in [6, 6.07) is 8.57. The largest absolute Gasteiger partial charge is 0.508 e. The number of hydrogen-bond donors (Lipinski definition) is 2. The number of carbonyl (C=O) groups excluding carboxylic acids is 1. The van der Waals surface area contributed by atoms with Gasteiger partial charge in [0, 0.05) is 10.6 Å². The van der Waals surface area contributed by atoms with Crippen LogP contribution in [0, 0.1) is 0 Å². The Morgan fingerprint density at radius 2 is 2.00 bits per heavy atom. The number of hydrogen-bond acceptors (Lipinski definition) is 5. The average molecular weight is 398 g/mol. The molecule has 0 amide bonds. The number of carbonyl (C=O) groups is 1. The fourth-order valence-corrected chi connectivity index (χ4v) is 2.78. The standard InChI is InChI=1S/C19H21Cl2NO4/c1-3-4-9-26-19(24)18(14-11-13(25-2)6-8-17(14)23)22-16-7-5-12(20)10-15(16)21/h5-8,10-11,18,22-23H,3-4,9H2,1-2H3. The van der Waals surface area contributed by atoms with E-state index in [0.29, 0.717) is 33.7 Å². The van der Waals surface area contributed by atoms with Crippen molar-refractivity contribution in [3.05, 3.63) is 52.0 Å². The Kier molecular flexibility index (Phi) is 7.42. The molecular formula is C19H21Cl2NO4. The van der Waals surface area contributed by atoms with Crippen LogP contribution in [0.4, 0.5) is 5.69 Å². The van der Waals surface area contributed by atoms with Crippen molar-refractivity contribution in [1.82, 2.24) is 0 Å². The van der Waals surface area contributed by atoms with E-state index >= 15 is 0 Å². The van der Waals surface area contributed by atoms with Crippen molar-refractivity contribution >= 4 is 34.9 Å². The molecule has 0 saturated heterocycles. The van der Waals surface area contributed by atoms with Crippen molar-refractivity contribution in [3.63, 3.8) is 0 Å².